The van der Waals surface area contributed by atoms with Gasteiger partial charge in [0, 0.05) is 44.1 Å². The molecular weight excluding hydrogens is 334 g/mol. The first-order chi connectivity index (χ1) is 13.1. The molecule has 0 aliphatic carbocycles. The molecule has 0 spiro atoms. The third-order valence-corrected chi connectivity index (χ3v) is 6.48. The van der Waals surface area contributed by atoms with Crippen LogP contribution >= 0.6 is 0 Å². The van der Waals surface area contributed by atoms with Crippen LogP contribution in [-0.2, 0) is 7.05 Å². The molecule has 0 amide bonds. The van der Waals surface area contributed by atoms with Crippen LogP contribution in [0.15, 0.2) is 47.4 Å². The maximum absolute atomic E-state index is 11.9. The van der Waals surface area contributed by atoms with Gasteiger partial charge in [0.15, 0.2) is 0 Å². The number of anilines is 1. The van der Waals surface area contributed by atoms with Gasteiger partial charge in [-0.25, -0.2) is 0 Å². The predicted molar refractivity (Wildman–Crippen MR) is 112 cm³/mol. The van der Waals surface area contributed by atoms with Gasteiger partial charge >= 0.3 is 0 Å². The standard InChI is InChI=1S/C23H31N3O/c1-18-4-3-5-22(16-18)26-14-9-21(10-15-26)25-12-7-19(8-13-25)20-6-11-24(2)23(27)17-20/h3-6,11,16-17,19,21H,7-10,12-15H2,1-2H3. The minimum absolute atomic E-state index is 0.110. The fraction of sp³-hybridized carbons (Fsp3) is 0.522. The Kier molecular flexibility index (Phi) is 5.35. The van der Waals surface area contributed by atoms with E-state index in [1.54, 1.807) is 4.57 Å². The Bertz CT molecular complexity index is 828. The van der Waals surface area contributed by atoms with E-state index in [9.17, 15) is 4.79 Å². The molecule has 2 saturated heterocycles. The van der Waals surface area contributed by atoms with Crippen molar-refractivity contribution in [3.05, 3.63) is 64.1 Å². The highest BCUT2D eigenvalue weighted by atomic mass is 16.1. The topological polar surface area (TPSA) is 28.5 Å². The Labute approximate surface area is 162 Å². The number of nitrogens with zero attached hydrogens (tertiary/aromatic N) is 3. The number of piperidine rings is 2. The summed E-state index contributed by atoms with van der Waals surface area (Å²) in [6, 6.07) is 13.6. The lowest BCUT2D eigenvalue weighted by Crippen LogP contribution is -2.47. The lowest BCUT2D eigenvalue weighted by molar-refractivity contribution is 0.132. The molecule has 4 heteroatoms. The van der Waals surface area contributed by atoms with E-state index in [4.69, 9.17) is 0 Å². The van der Waals surface area contributed by atoms with Crippen molar-refractivity contribution in [3.8, 4) is 0 Å². The van der Waals surface area contributed by atoms with E-state index in [0.717, 1.165) is 32.2 Å². The Morgan fingerprint density at radius 2 is 1.67 bits per heavy atom. The van der Waals surface area contributed by atoms with Gasteiger partial charge in [0.05, 0.1) is 0 Å². The summed E-state index contributed by atoms with van der Waals surface area (Å²) in [5.41, 5.74) is 4.05. The van der Waals surface area contributed by atoms with Crippen LogP contribution in [0.25, 0.3) is 0 Å². The zero-order chi connectivity index (χ0) is 18.8. The summed E-state index contributed by atoms with van der Waals surface area (Å²) in [6.45, 7) is 6.80. The van der Waals surface area contributed by atoms with Crippen molar-refractivity contribution in [3.63, 3.8) is 0 Å². The van der Waals surface area contributed by atoms with Crippen molar-refractivity contribution in [1.82, 2.24) is 9.47 Å². The number of aryl methyl sites for hydroxylation is 2. The van der Waals surface area contributed by atoms with Crippen molar-refractivity contribution >= 4 is 5.69 Å². The summed E-state index contributed by atoms with van der Waals surface area (Å²) in [6.07, 6.45) is 6.76. The zero-order valence-electron chi connectivity index (χ0n) is 16.6. The second kappa shape index (κ2) is 7.89. The SMILES string of the molecule is Cc1cccc(N2CCC(N3CCC(c4ccn(C)c(=O)c4)CC3)CC2)c1. The average Bonchev–Trinajstić information content (AvgIpc) is 2.70. The summed E-state index contributed by atoms with van der Waals surface area (Å²) in [4.78, 5) is 17.1. The summed E-state index contributed by atoms with van der Waals surface area (Å²) in [5, 5.41) is 0. The van der Waals surface area contributed by atoms with E-state index in [-0.39, 0.29) is 5.56 Å². The quantitative estimate of drug-likeness (QED) is 0.833. The Morgan fingerprint density at radius 3 is 2.33 bits per heavy atom. The molecule has 0 radical (unpaired) electrons. The molecule has 4 nitrogen and oxygen atoms in total. The van der Waals surface area contributed by atoms with E-state index >= 15 is 0 Å². The number of benzene rings is 1. The third kappa shape index (κ3) is 4.11. The van der Waals surface area contributed by atoms with Crippen LogP contribution in [0.1, 0.15) is 42.7 Å². The fourth-order valence-electron chi connectivity index (χ4n) is 4.73. The van der Waals surface area contributed by atoms with E-state index < -0.39 is 0 Å². The minimum atomic E-state index is 0.110. The number of hydrogen-bond acceptors (Lipinski definition) is 3. The first-order valence-electron chi connectivity index (χ1n) is 10.3. The lowest BCUT2D eigenvalue weighted by atomic mass is 9.88. The van der Waals surface area contributed by atoms with Crippen molar-refractivity contribution < 1.29 is 0 Å². The molecule has 4 rings (SSSR count). The normalized spacial score (nSPS) is 20.1. The molecule has 2 aliphatic heterocycles. The van der Waals surface area contributed by atoms with E-state index in [0.29, 0.717) is 5.92 Å². The van der Waals surface area contributed by atoms with Crippen LogP contribution in [0, 0.1) is 6.92 Å². The van der Waals surface area contributed by atoms with Crippen LogP contribution in [0.4, 0.5) is 5.69 Å². The summed E-state index contributed by atoms with van der Waals surface area (Å²) in [5.74, 6) is 0.544. The highest BCUT2D eigenvalue weighted by molar-refractivity contribution is 5.48. The number of rotatable bonds is 3. The van der Waals surface area contributed by atoms with Crippen LogP contribution < -0.4 is 10.5 Å². The molecule has 27 heavy (non-hydrogen) atoms. The van der Waals surface area contributed by atoms with Gasteiger partial charge in [-0.1, -0.05) is 12.1 Å². The zero-order valence-corrected chi connectivity index (χ0v) is 16.6. The second-order valence-corrected chi connectivity index (χ2v) is 8.28. The van der Waals surface area contributed by atoms with Gasteiger partial charge in [-0.05, 0) is 80.9 Å². The molecule has 2 aliphatic rings. The number of pyridine rings is 1. The highest BCUT2D eigenvalue weighted by Gasteiger charge is 2.29. The van der Waals surface area contributed by atoms with Crippen molar-refractivity contribution in [2.45, 2.75) is 44.6 Å². The van der Waals surface area contributed by atoms with Gasteiger partial charge in [-0.3, -0.25) is 4.79 Å². The number of aromatic nitrogens is 1. The monoisotopic (exact) mass is 365 g/mol. The Balaban J connectivity index is 1.30. The first kappa shape index (κ1) is 18.3. The molecule has 2 fully saturated rings. The van der Waals surface area contributed by atoms with Crippen molar-refractivity contribution in [1.29, 1.82) is 0 Å². The van der Waals surface area contributed by atoms with Gasteiger partial charge in [-0.15, -0.1) is 0 Å². The van der Waals surface area contributed by atoms with Crippen molar-refractivity contribution in [2.75, 3.05) is 31.1 Å². The first-order valence-corrected chi connectivity index (χ1v) is 10.3. The predicted octanol–water partition coefficient (Wildman–Crippen LogP) is 3.54. The smallest absolute Gasteiger partial charge is 0.250 e. The Morgan fingerprint density at radius 1 is 0.926 bits per heavy atom. The molecule has 0 bridgehead atoms. The second-order valence-electron chi connectivity index (χ2n) is 8.28. The van der Waals surface area contributed by atoms with Gasteiger partial charge in [0.2, 0.25) is 0 Å². The van der Waals surface area contributed by atoms with Gasteiger partial charge in [0.1, 0.15) is 0 Å². The van der Waals surface area contributed by atoms with Crippen molar-refractivity contribution in [2.24, 2.45) is 7.05 Å². The lowest BCUT2D eigenvalue weighted by Gasteiger charge is -2.42. The molecule has 1 aromatic carbocycles. The fourth-order valence-corrected chi connectivity index (χ4v) is 4.73. The maximum atomic E-state index is 11.9. The van der Waals surface area contributed by atoms with Gasteiger partial charge in [-0.2, -0.15) is 0 Å². The molecule has 144 valence electrons. The van der Waals surface area contributed by atoms with Crippen LogP contribution in [-0.4, -0.2) is 41.7 Å². The molecule has 0 saturated carbocycles. The van der Waals surface area contributed by atoms with E-state index in [1.807, 2.05) is 19.3 Å². The maximum Gasteiger partial charge on any atom is 0.250 e. The molecule has 0 atom stereocenters. The Hall–Kier alpha value is -2.07. The van der Waals surface area contributed by atoms with E-state index in [1.165, 1.54) is 42.5 Å². The minimum Gasteiger partial charge on any atom is -0.371 e. The summed E-state index contributed by atoms with van der Waals surface area (Å²) in [7, 11) is 1.82. The highest BCUT2D eigenvalue weighted by Crippen LogP contribution is 2.31. The molecule has 2 aromatic rings. The van der Waals surface area contributed by atoms with Crippen LogP contribution in [0.2, 0.25) is 0 Å². The van der Waals surface area contributed by atoms with Gasteiger partial charge < -0.3 is 14.4 Å². The molecular formula is C23H31N3O. The van der Waals surface area contributed by atoms with Gasteiger partial charge in [0.25, 0.3) is 5.56 Å². The van der Waals surface area contributed by atoms with Crippen LogP contribution in [0.3, 0.4) is 0 Å². The van der Waals surface area contributed by atoms with Crippen LogP contribution in [0.5, 0.6) is 0 Å². The third-order valence-electron chi connectivity index (χ3n) is 6.48. The molecule has 0 N–H and O–H groups in total. The number of likely N-dealkylation sites (tertiary alicyclic amines) is 1. The molecule has 1 aromatic heterocycles. The largest absolute Gasteiger partial charge is 0.371 e. The summed E-state index contributed by atoms with van der Waals surface area (Å²) >= 11 is 0. The molecule has 0 unspecified atom stereocenters. The summed E-state index contributed by atoms with van der Waals surface area (Å²) < 4.78 is 1.65. The molecule has 3 heterocycles. The average molecular weight is 366 g/mol. The van der Waals surface area contributed by atoms with E-state index in [2.05, 4.69) is 47.1 Å². The number of hydrogen-bond donors (Lipinski definition) is 0.